The molecule has 0 aromatic heterocycles. The second-order valence-electron chi connectivity index (χ2n) is 13.4. The summed E-state index contributed by atoms with van der Waals surface area (Å²) < 4.78 is 6.14. The summed E-state index contributed by atoms with van der Waals surface area (Å²) in [6, 6.07) is 0. The average molecular weight is 553 g/mol. The Labute approximate surface area is 241 Å². The Balaban J connectivity index is 1.12. The maximum Gasteiger partial charge on any atom is 0.0930 e. The van der Waals surface area contributed by atoms with Crippen molar-refractivity contribution in [3.05, 3.63) is 0 Å². The molecule has 39 heavy (non-hydrogen) atoms. The lowest BCUT2D eigenvalue weighted by Gasteiger charge is -2.33. The van der Waals surface area contributed by atoms with Gasteiger partial charge in [0, 0.05) is 19.8 Å². The van der Waals surface area contributed by atoms with Gasteiger partial charge in [-0.2, -0.15) is 0 Å². The van der Waals surface area contributed by atoms with E-state index in [0.29, 0.717) is 32.0 Å². The lowest BCUT2D eigenvalue weighted by atomic mass is 9.74. The quantitative estimate of drug-likeness (QED) is 0.0848. The molecule has 0 aliphatic heterocycles. The lowest BCUT2D eigenvalue weighted by Crippen LogP contribution is -2.23. The van der Waals surface area contributed by atoms with Crippen molar-refractivity contribution in [1.82, 2.24) is 0 Å². The summed E-state index contributed by atoms with van der Waals surface area (Å²) in [5.74, 6) is 3.84. The van der Waals surface area contributed by atoms with Gasteiger partial charge in [0.1, 0.15) is 0 Å². The summed E-state index contributed by atoms with van der Waals surface area (Å²) in [6.45, 7) is 2.24. The number of rotatable bonds is 21. The molecule has 0 bridgehead atoms. The summed E-state index contributed by atoms with van der Waals surface area (Å²) in [6.07, 6.45) is 31.4. The smallest absolute Gasteiger partial charge is 0.0930 e. The molecule has 0 radical (unpaired) electrons. The summed E-state index contributed by atoms with van der Waals surface area (Å²) in [7, 11) is 0. The highest BCUT2D eigenvalue weighted by Gasteiger charge is 2.27. The highest BCUT2D eigenvalue weighted by atomic mass is 17.2. The van der Waals surface area contributed by atoms with Crippen molar-refractivity contribution in [3.63, 3.8) is 0 Å². The number of aliphatic hydroxyl groups excluding tert-OH is 2. The van der Waals surface area contributed by atoms with Gasteiger partial charge in [-0.25, -0.2) is 9.78 Å². The van der Waals surface area contributed by atoms with E-state index < -0.39 is 0 Å². The fourth-order valence-corrected chi connectivity index (χ4v) is 7.44. The average Bonchev–Trinajstić information content (AvgIpc) is 2.98. The van der Waals surface area contributed by atoms with Crippen molar-refractivity contribution >= 4 is 0 Å². The molecule has 3 rings (SSSR count). The Morgan fingerprint density at radius 2 is 0.795 bits per heavy atom. The van der Waals surface area contributed by atoms with Gasteiger partial charge >= 0.3 is 0 Å². The molecule has 0 heterocycles. The van der Waals surface area contributed by atoms with Crippen LogP contribution < -0.4 is 0 Å². The maximum absolute atomic E-state index is 8.86. The summed E-state index contributed by atoms with van der Waals surface area (Å²) in [4.78, 5) is 11.2. The first-order valence-corrected chi connectivity index (χ1v) is 17.4. The molecule has 5 heteroatoms. The van der Waals surface area contributed by atoms with E-state index in [0.717, 1.165) is 75.2 Å². The predicted molar refractivity (Wildman–Crippen MR) is 160 cm³/mol. The molecule has 0 saturated heterocycles. The van der Waals surface area contributed by atoms with E-state index >= 15 is 0 Å². The number of hydrogen-bond donors (Lipinski definition) is 2. The molecule has 0 spiro atoms. The summed E-state index contributed by atoms with van der Waals surface area (Å²) >= 11 is 0. The van der Waals surface area contributed by atoms with Gasteiger partial charge < -0.3 is 14.9 Å². The van der Waals surface area contributed by atoms with Crippen LogP contribution in [0.3, 0.4) is 0 Å². The lowest BCUT2D eigenvalue weighted by molar-refractivity contribution is -0.329. The van der Waals surface area contributed by atoms with Gasteiger partial charge in [0.05, 0.1) is 18.8 Å². The molecule has 3 aliphatic rings. The predicted octanol–water partition coefficient (Wildman–Crippen LogP) is 8.54. The second kappa shape index (κ2) is 21.5. The van der Waals surface area contributed by atoms with E-state index in [9.17, 15) is 0 Å². The van der Waals surface area contributed by atoms with Gasteiger partial charge in [0.2, 0.25) is 0 Å². The fraction of sp³-hybridized carbons (Fsp3) is 1.00. The molecule has 0 aromatic carbocycles. The third kappa shape index (κ3) is 15.0. The van der Waals surface area contributed by atoms with E-state index in [1.165, 1.54) is 109 Å². The first kappa shape index (κ1) is 33.3. The first-order chi connectivity index (χ1) is 19.3. The molecule has 0 aromatic rings. The Hall–Kier alpha value is -0.200. The zero-order chi connectivity index (χ0) is 27.4. The first-order valence-electron chi connectivity index (χ1n) is 17.4. The van der Waals surface area contributed by atoms with Gasteiger partial charge in [-0.05, 0) is 101 Å². The Morgan fingerprint density at radius 1 is 0.410 bits per heavy atom. The SMILES string of the molecule is OCCCCCCOOC1CCC(CCC2CCC(CCC3CCC(OCCCCCCO)CC3)CC2)CC1. The molecule has 230 valence electrons. The zero-order valence-electron chi connectivity index (χ0n) is 25.4. The van der Waals surface area contributed by atoms with Gasteiger partial charge in [-0.3, -0.25) is 0 Å². The van der Waals surface area contributed by atoms with Crippen LogP contribution >= 0.6 is 0 Å². The third-order valence-corrected chi connectivity index (χ3v) is 10.3. The topological polar surface area (TPSA) is 68.2 Å². The van der Waals surface area contributed by atoms with E-state index in [2.05, 4.69) is 0 Å². The molecular weight excluding hydrogens is 488 g/mol. The molecule has 3 fully saturated rings. The van der Waals surface area contributed by atoms with Crippen LogP contribution in [0, 0.1) is 23.7 Å². The van der Waals surface area contributed by atoms with E-state index in [1.807, 2.05) is 0 Å². The van der Waals surface area contributed by atoms with Gasteiger partial charge in [0.15, 0.2) is 0 Å². The standard InChI is InChI=1S/C34H64O5/c35-25-5-1-3-7-27-37-33-21-17-31(18-22-33)15-13-29-9-11-30(12-10-29)14-16-32-19-23-34(24-20-32)39-38-28-8-4-2-6-26-36/h29-36H,1-28H2. The van der Waals surface area contributed by atoms with Crippen LogP contribution in [0.4, 0.5) is 0 Å². The van der Waals surface area contributed by atoms with Crippen LogP contribution in [-0.2, 0) is 14.5 Å². The monoisotopic (exact) mass is 552 g/mol. The normalized spacial score (nSPS) is 30.0. The number of unbranched alkanes of at least 4 members (excludes halogenated alkanes) is 6. The number of ether oxygens (including phenoxy) is 1. The van der Waals surface area contributed by atoms with E-state index in [-0.39, 0.29) is 0 Å². The van der Waals surface area contributed by atoms with Gasteiger partial charge in [0.25, 0.3) is 0 Å². The molecule has 0 amide bonds. The molecule has 3 aliphatic carbocycles. The van der Waals surface area contributed by atoms with Crippen LogP contribution in [-0.4, -0.2) is 48.8 Å². The zero-order valence-corrected chi connectivity index (χ0v) is 25.4. The second-order valence-corrected chi connectivity index (χ2v) is 13.4. The summed E-state index contributed by atoms with van der Waals surface area (Å²) in [5, 5.41) is 17.7. The number of hydrogen-bond acceptors (Lipinski definition) is 5. The highest BCUT2D eigenvalue weighted by Crippen LogP contribution is 2.39. The van der Waals surface area contributed by atoms with E-state index in [4.69, 9.17) is 24.7 Å². The third-order valence-electron chi connectivity index (χ3n) is 10.3. The van der Waals surface area contributed by atoms with E-state index in [1.54, 1.807) is 0 Å². The van der Waals surface area contributed by atoms with Gasteiger partial charge in [-0.15, -0.1) is 0 Å². The molecule has 0 unspecified atom stereocenters. The maximum atomic E-state index is 8.86. The Kier molecular flexibility index (Phi) is 18.4. The van der Waals surface area contributed by atoms with Crippen LogP contribution in [0.1, 0.15) is 154 Å². The molecule has 0 atom stereocenters. The molecule has 5 nitrogen and oxygen atoms in total. The summed E-state index contributed by atoms with van der Waals surface area (Å²) in [5.41, 5.74) is 0. The van der Waals surface area contributed by atoms with Crippen LogP contribution in [0.5, 0.6) is 0 Å². The van der Waals surface area contributed by atoms with Crippen molar-refractivity contribution in [3.8, 4) is 0 Å². The van der Waals surface area contributed by atoms with Crippen LogP contribution in [0.2, 0.25) is 0 Å². The minimum atomic E-state index is 0.300. The van der Waals surface area contributed by atoms with Crippen molar-refractivity contribution in [2.75, 3.05) is 26.4 Å². The van der Waals surface area contributed by atoms with Gasteiger partial charge in [-0.1, -0.05) is 77.0 Å². The van der Waals surface area contributed by atoms with Crippen molar-refractivity contribution in [2.45, 2.75) is 166 Å². The fourth-order valence-electron chi connectivity index (χ4n) is 7.44. The number of aliphatic hydroxyl groups is 2. The van der Waals surface area contributed by atoms with Crippen LogP contribution in [0.25, 0.3) is 0 Å². The minimum Gasteiger partial charge on any atom is -0.396 e. The van der Waals surface area contributed by atoms with Crippen molar-refractivity contribution < 1.29 is 24.7 Å². The molecule has 3 saturated carbocycles. The Bertz CT molecular complexity index is 548. The minimum absolute atomic E-state index is 0.300. The largest absolute Gasteiger partial charge is 0.396 e. The Morgan fingerprint density at radius 3 is 1.26 bits per heavy atom. The molecular formula is C34H64O5. The molecule has 2 N–H and O–H groups in total. The van der Waals surface area contributed by atoms with Crippen LogP contribution in [0.15, 0.2) is 0 Å². The van der Waals surface area contributed by atoms with Crippen molar-refractivity contribution in [2.24, 2.45) is 23.7 Å². The van der Waals surface area contributed by atoms with Crippen molar-refractivity contribution in [1.29, 1.82) is 0 Å². The highest BCUT2D eigenvalue weighted by molar-refractivity contribution is 4.79.